The van der Waals surface area contributed by atoms with Gasteiger partial charge in [0.25, 0.3) is 5.91 Å². The van der Waals surface area contributed by atoms with Crippen molar-refractivity contribution in [2.75, 3.05) is 11.9 Å². The first-order valence-corrected chi connectivity index (χ1v) is 4.60. The molecule has 0 aliphatic rings. The molecule has 0 atom stereocenters. The molecule has 0 saturated carbocycles. The van der Waals surface area contributed by atoms with Gasteiger partial charge in [0.05, 0.1) is 5.69 Å². The molecule has 0 spiro atoms. The highest BCUT2D eigenvalue weighted by Gasteiger charge is 2.08. The summed E-state index contributed by atoms with van der Waals surface area (Å²) in [6.45, 7) is 4.98. The highest BCUT2D eigenvalue weighted by Crippen LogP contribution is 2.11. The van der Waals surface area contributed by atoms with Crippen molar-refractivity contribution in [3.8, 4) is 0 Å². The summed E-state index contributed by atoms with van der Waals surface area (Å²) >= 11 is 0. The van der Waals surface area contributed by atoms with Crippen LogP contribution in [0.25, 0.3) is 0 Å². The molecular weight excluding hydrogens is 178 g/mol. The SMILES string of the molecule is CC(C)CNc1cccnc1C(N)=O. The van der Waals surface area contributed by atoms with Crippen molar-refractivity contribution < 1.29 is 4.79 Å². The van der Waals surface area contributed by atoms with Crippen molar-refractivity contribution in [2.24, 2.45) is 11.7 Å². The molecule has 0 radical (unpaired) electrons. The number of primary amides is 1. The van der Waals surface area contributed by atoms with Gasteiger partial charge in [-0.15, -0.1) is 0 Å². The number of nitrogens with one attached hydrogen (secondary N) is 1. The summed E-state index contributed by atoms with van der Waals surface area (Å²) in [7, 11) is 0. The van der Waals surface area contributed by atoms with E-state index in [1.54, 1.807) is 18.3 Å². The number of nitrogens with zero attached hydrogens (tertiary/aromatic N) is 1. The second kappa shape index (κ2) is 4.60. The van der Waals surface area contributed by atoms with Crippen LogP contribution in [-0.2, 0) is 0 Å². The van der Waals surface area contributed by atoms with Crippen molar-refractivity contribution >= 4 is 11.6 Å². The minimum absolute atomic E-state index is 0.299. The van der Waals surface area contributed by atoms with E-state index in [1.807, 2.05) is 0 Å². The summed E-state index contributed by atoms with van der Waals surface area (Å²) in [5.41, 5.74) is 6.18. The Morgan fingerprint density at radius 1 is 1.64 bits per heavy atom. The Bertz CT molecular complexity index is 323. The van der Waals surface area contributed by atoms with Gasteiger partial charge in [-0.2, -0.15) is 0 Å². The van der Waals surface area contributed by atoms with E-state index in [4.69, 9.17) is 5.73 Å². The van der Waals surface area contributed by atoms with Gasteiger partial charge in [-0.25, -0.2) is 4.98 Å². The van der Waals surface area contributed by atoms with Crippen molar-refractivity contribution in [1.29, 1.82) is 0 Å². The van der Waals surface area contributed by atoms with Gasteiger partial charge in [0.2, 0.25) is 0 Å². The maximum Gasteiger partial charge on any atom is 0.269 e. The Morgan fingerprint density at radius 3 is 2.93 bits per heavy atom. The zero-order valence-corrected chi connectivity index (χ0v) is 8.45. The quantitative estimate of drug-likeness (QED) is 0.756. The lowest BCUT2D eigenvalue weighted by molar-refractivity contribution is 0.0996. The molecule has 14 heavy (non-hydrogen) atoms. The maximum atomic E-state index is 11.0. The molecule has 1 rings (SSSR count). The van der Waals surface area contributed by atoms with Gasteiger partial charge in [0.1, 0.15) is 0 Å². The van der Waals surface area contributed by atoms with Crippen molar-refractivity contribution in [3.05, 3.63) is 24.0 Å². The zero-order chi connectivity index (χ0) is 10.6. The number of amides is 1. The molecule has 0 bridgehead atoms. The minimum Gasteiger partial charge on any atom is -0.383 e. The first-order valence-electron chi connectivity index (χ1n) is 4.60. The van der Waals surface area contributed by atoms with Crippen LogP contribution in [0.1, 0.15) is 24.3 Å². The fraction of sp³-hybridized carbons (Fsp3) is 0.400. The molecule has 0 unspecified atom stereocenters. The number of hydrogen-bond acceptors (Lipinski definition) is 3. The predicted octanol–water partition coefficient (Wildman–Crippen LogP) is 1.25. The molecule has 1 heterocycles. The van der Waals surface area contributed by atoms with E-state index in [1.165, 1.54) is 0 Å². The van der Waals surface area contributed by atoms with E-state index in [0.717, 1.165) is 6.54 Å². The van der Waals surface area contributed by atoms with Gasteiger partial charge < -0.3 is 11.1 Å². The molecule has 1 aromatic heterocycles. The Balaban J connectivity index is 2.79. The predicted molar refractivity (Wildman–Crippen MR) is 56.1 cm³/mol. The lowest BCUT2D eigenvalue weighted by Gasteiger charge is -2.10. The fourth-order valence-corrected chi connectivity index (χ4v) is 1.06. The van der Waals surface area contributed by atoms with Crippen LogP contribution in [0, 0.1) is 5.92 Å². The lowest BCUT2D eigenvalue weighted by atomic mass is 10.2. The average Bonchev–Trinajstić information content (AvgIpc) is 2.15. The van der Waals surface area contributed by atoms with Crippen LogP contribution in [0.3, 0.4) is 0 Å². The van der Waals surface area contributed by atoms with Gasteiger partial charge in [-0.3, -0.25) is 4.79 Å². The molecule has 76 valence electrons. The Hall–Kier alpha value is -1.58. The molecule has 0 aromatic carbocycles. The summed E-state index contributed by atoms with van der Waals surface area (Å²) < 4.78 is 0. The normalized spacial score (nSPS) is 10.2. The molecule has 4 nitrogen and oxygen atoms in total. The highest BCUT2D eigenvalue weighted by atomic mass is 16.1. The van der Waals surface area contributed by atoms with Gasteiger partial charge in [0, 0.05) is 12.7 Å². The van der Waals surface area contributed by atoms with E-state index in [-0.39, 0.29) is 0 Å². The molecule has 1 amide bonds. The monoisotopic (exact) mass is 193 g/mol. The number of nitrogens with two attached hydrogens (primary N) is 1. The van der Waals surface area contributed by atoms with Crippen LogP contribution >= 0.6 is 0 Å². The van der Waals surface area contributed by atoms with Gasteiger partial charge in [0.15, 0.2) is 5.69 Å². The number of carbonyl (C=O) groups excluding carboxylic acids is 1. The molecule has 3 N–H and O–H groups in total. The van der Waals surface area contributed by atoms with Crippen LogP contribution in [0.4, 0.5) is 5.69 Å². The Morgan fingerprint density at radius 2 is 2.36 bits per heavy atom. The third-order valence-electron chi connectivity index (χ3n) is 1.74. The van der Waals surface area contributed by atoms with E-state index < -0.39 is 5.91 Å². The zero-order valence-electron chi connectivity index (χ0n) is 8.45. The molecule has 0 aliphatic heterocycles. The number of rotatable bonds is 4. The first-order chi connectivity index (χ1) is 6.61. The molecular formula is C10H15N3O. The summed E-state index contributed by atoms with van der Waals surface area (Å²) in [5, 5.41) is 3.13. The van der Waals surface area contributed by atoms with Crippen LogP contribution in [0.2, 0.25) is 0 Å². The van der Waals surface area contributed by atoms with E-state index >= 15 is 0 Å². The van der Waals surface area contributed by atoms with Crippen LogP contribution in [0.15, 0.2) is 18.3 Å². The molecule has 4 heteroatoms. The second-order valence-corrected chi connectivity index (χ2v) is 3.54. The van der Waals surface area contributed by atoms with E-state index in [2.05, 4.69) is 24.1 Å². The van der Waals surface area contributed by atoms with Crippen molar-refractivity contribution in [1.82, 2.24) is 4.98 Å². The van der Waals surface area contributed by atoms with Gasteiger partial charge in [-0.1, -0.05) is 13.8 Å². The van der Waals surface area contributed by atoms with Crippen LogP contribution < -0.4 is 11.1 Å². The molecule has 0 saturated heterocycles. The Kier molecular flexibility index (Phi) is 3.45. The van der Waals surface area contributed by atoms with E-state index in [9.17, 15) is 4.79 Å². The Labute approximate surface area is 83.5 Å². The topological polar surface area (TPSA) is 68.0 Å². The number of hydrogen-bond donors (Lipinski definition) is 2. The fourth-order valence-electron chi connectivity index (χ4n) is 1.06. The standard InChI is InChI=1S/C10H15N3O/c1-7(2)6-13-8-4-3-5-12-9(8)10(11)14/h3-5,7,13H,6H2,1-2H3,(H2,11,14). The average molecular weight is 193 g/mol. The van der Waals surface area contributed by atoms with Crippen molar-refractivity contribution in [3.63, 3.8) is 0 Å². The molecule has 0 fully saturated rings. The summed E-state index contributed by atoms with van der Waals surface area (Å²) in [4.78, 5) is 14.9. The first kappa shape index (κ1) is 10.5. The van der Waals surface area contributed by atoms with E-state index in [0.29, 0.717) is 17.3 Å². The number of aromatic nitrogens is 1. The summed E-state index contributed by atoms with van der Waals surface area (Å²) in [5.74, 6) is 0.00721. The van der Waals surface area contributed by atoms with Crippen molar-refractivity contribution in [2.45, 2.75) is 13.8 Å². The maximum absolute atomic E-state index is 11.0. The second-order valence-electron chi connectivity index (χ2n) is 3.54. The summed E-state index contributed by atoms with van der Waals surface area (Å²) in [6, 6.07) is 3.57. The number of pyridine rings is 1. The third kappa shape index (κ3) is 2.73. The minimum atomic E-state index is -0.503. The molecule has 0 aliphatic carbocycles. The van der Waals surface area contributed by atoms with Crippen LogP contribution in [0.5, 0.6) is 0 Å². The largest absolute Gasteiger partial charge is 0.383 e. The lowest BCUT2D eigenvalue weighted by Crippen LogP contribution is -2.17. The number of anilines is 1. The van der Waals surface area contributed by atoms with Gasteiger partial charge >= 0.3 is 0 Å². The highest BCUT2D eigenvalue weighted by molar-refractivity contribution is 5.96. The molecule has 1 aromatic rings. The third-order valence-corrected chi connectivity index (χ3v) is 1.74. The van der Waals surface area contributed by atoms with Crippen LogP contribution in [-0.4, -0.2) is 17.4 Å². The smallest absolute Gasteiger partial charge is 0.269 e. The number of carbonyl (C=O) groups is 1. The summed E-state index contributed by atoms with van der Waals surface area (Å²) in [6.07, 6.45) is 1.56. The van der Waals surface area contributed by atoms with Gasteiger partial charge in [-0.05, 0) is 18.1 Å².